The number of nitrogens with zero attached hydrogens (tertiary/aromatic N) is 1. The monoisotopic (exact) mass is 394 g/mol. The van der Waals surface area contributed by atoms with Crippen molar-refractivity contribution in [3.8, 4) is 11.5 Å². The van der Waals surface area contributed by atoms with Crippen molar-refractivity contribution in [3.05, 3.63) is 40.6 Å². The number of benzene rings is 1. The summed E-state index contributed by atoms with van der Waals surface area (Å²) in [4.78, 5) is 27.2. The SMILES string of the molecule is O=C(Nc1ccc2c(c1)OC(F)(F)O2)C1CCN(C(=O)c2cccs2)CC1. The number of fused-ring (bicyclic) bond motifs is 1. The Hall–Kier alpha value is -2.68. The molecule has 2 aliphatic heterocycles. The van der Waals surface area contributed by atoms with Crippen LogP contribution in [0.25, 0.3) is 0 Å². The third-order valence-corrected chi connectivity index (χ3v) is 5.41. The molecule has 0 saturated carbocycles. The standard InChI is InChI=1S/C18H16F2N2O4S/c19-18(20)25-13-4-3-12(10-14(13)26-18)21-16(23)11-5-7-22(8-6-11)17(24)15-2-1-9-27-15/h1-4,9-11H,5-8H2,(H,21,23). The lowest BCUT2D eigenvalue weighted by Crippen LogP contribution is -2.41. The molecule has 0 unspecified atom stereocenters. The fourth-order valence-corrected chi connectivity index (χ4v) is 3.86. The van der Waals surface area contributed by atoms with E-state index in [2.05, 4.69) is 14.8 Å². The van der Waals surface area contributed by atoms with Gasteiger partial charge in [0, 0.05) is 30.8 Å². The van der Waals surface area contributed by atoms with Gasteiger partial charge in [0.05, 0.1) is 4.88 Å². The largest absolute Gasteiger partial charge is 0.586 e. The van der Waals surface area contributed by atoms with Crippen LogP contribution in [0, 0.1) is 5.92 Å². The van der Waals surface area contributed by atoms with Crippen molar-refractivity contribution < 1.29 is 27.8 Å². The fourth-order valence-electron chi connectivity index (χ4n) is 3.17. The molecule has 1 aromatic carbocycles. The summed E-state index contributed by atoms with van der Waals surface area (Å²) in [6.45, 7) is 1.00. The van der Waals surface area contributed by atoms with Crippen LogP contribution in [0.3, 0.4) is 0 Å². The lowest BCUT2D eigenvalue weighted by atomic mass is 9.95. The molecule has 0 aliphatic carbocycles. The Labute approximate surface area is 157 Å². The van der Waals surface area contributed by atoms with Crippen molar-refractivity contribution in [2.24, 2.45) is 5.92 Å². The molecule has 27 heavy (non-hydrogen) atoms. The number of piperidine rings is 1. The predicted octanol–water partition coefficient (Wildman–Crippen LogP) is 3.56. The molecule has 1 aromatic heterocycles. The first-order valence-electron chi connectivity index (χ1n) is 8.45. The number of amides is 2. The highest BCUT2D eigenvalue weighted by molar-refractivity contribution is 7.12. The minimum absolute atomic E-state index is 0.0134. The number of hydrogen-bond donors (Lipinski definition) is 1. The number of ether oxygens (including phenoxy) is 2. The zero-order valence-corrected chi connectivity index (χ0v) is 14.9. The summed E-state index contributed by atoms with van der Waals surface area (Å²) in [5.74, 6) is -0.652. The Bertz CT molecular complexity index is 864. The number of anilines is 1. The summed E-state index contributed by atoms with van der Waals surface area (Å²) in [5.41, 5.74) is 0.358. The second-order valence-electron chi connectivity index (χ2n) is 6.36. The van der Waals surface area contributed by atoms with Gasteiger partial charge >= 0.3 is 6.29 Å². The molecule has 9 heteroatoms. The number of rotatable bonds is 3. The minimum Gasteiger partial charge on any atom is -0.395 e. The first-order valence-corrected chi connectivity index (χ1v) is 9.33. The Kier molecular flexibility index (Phi) is 4.47. The highest BCUT2D eigenvalue weighted by Crippen LogP contribution is 2.42. The molecule has 0 spiro atoms. The third-order valence-electron chi connectivity index (χ3n) is 4.55. The average Bonchev–Trinajstić information content (AvgIpc) is 3.27. The van der Waals surface area contributed by atoms with Crippen molar-refractivity contribution in [1.82, 2.24) is 4.90 Å². The van der Waals surface area contributed by atoms with E-state index in [0.29, 0.717) is 36.5 Å². The van der Waals surface area contributed by atoms with Crippen LogP contribution in [0.4, 0.5) is 14.5 Å². The van der Waals surface area contributed by atoms with Gasteiger partial charge in [-0.25, -0.2) is 0 Å². The van der Waals surface area contributed by atoms with Gasteiger partial charge in [-0.3, -0.25) is 9.59 Å². The van der Waals surface area contributed by atoms with Gasteiger partial charge in [0.2, 0.25) is 5.91 Å². The molecular formula is C18H16F2N2O4S. The van der Waals surface area contributed by atoms with E-state index >= 15 is 0 Å². The lowest BCUT2D eigenvalue weighted by Gasteiger charge is -2.31. The molecule has 2 aliphatic rings. The van der Waals surface area contributed by atoms with Crippen LogP contribution < -0.4 is 14.8 Å². The summed E-state index contributed by atoms with van der Waals surface area (Å²) in [6, 6.07) is 7.74. The number of halogens is 2. The van der Waals surface area contributed by atoms with Gasteiger partial charge in [-0.2, -0.15) is 0 Å². The highest BCUT2D eigenvalue weighted by atomic mass is 32.1. The number of thiophene rings is 1. The molecule has 1 fully saturated rings. The van der Waals surface area contributed by atoms with Crippen LogP contribution in [-0.2, 0) is 4.79 Å². The minimum atomic E-state index is -3.69. The van der Waals surface area contributed by atoms with Crippen LogP contribution in [0.15, 0.2) is 35.7 Å². The zero-order valence-electron chi connectivity index (χ0n) is 14.1. The smallest absolute Gasteiger partial charge is 0.395 e. The average molecular weight is 394 g/mol. The number of nitrogens with one attached hydrogen (secondary N) is 1. The quantitative estimate of drug-likeness (QED) is 0.864. The van der Waals surface area contributed by atoms with Crippen molar-refractivity contribution in [3.63, 3.8) is 0 Å². The van der Waals surface area contributed by atoms with Gasteiger partial charge in [-0.1, -0.05) is 6.07 Å². The molecule has 0 radical (unpaired) electrons. The molecule has 2 amide bonds. The summed E-state index contributed by atoms with van der Waals surface area (Å²) < 4.78 is 34.8. The van der Waals surface area contributed by atoms with Gasteiger partial charge in [-0.15, -0.1) is 20.1 Å². The highest BCUT2D eigenvalue weighted by Gasteiger charge is 2.43. The third kappa shape index (κ3) is 3.73. The Morgan fingerprint density at radius 2 is 1.89 bits per heavy atom. The number of carbonyl (C=O) groups is 2. The first kappa shape index (κ1) is 17.7. The second kappa shape index (κ2) is 6.80. The Morgan fingerprint density at radius 3 is 2.59 bits per heavy atom. The van der Waals surface area contributed by atoms with Crippen LogP contribution >= 0.6 is 11.3 Å². The van der Waals surface area contributed by atoms with Crippen molar-refractivity contribution in [2.45, 2.75) is 19.1 Å². The van der Waals surface area contributed by atoms with E-state index in [9.17, 15) is 18.4 Å². The van der Waals surface area contributed by atoms with Crippen molar-refractivity contribution in [2.75, 3.05) is 18.4 Å². The van der Waals surface area contributed by atoms with Gasteiger partial charge in [0.25, 0.3) is 5.91 Å². The van der Waals surface area contributed by atoms with Gasteiger partial charge in [-0.05, 0) is 36.4 Å². The summed E-state index contributed by atoms with van der Waals surface area (Å²) in [6.07, 6.45) is -2.59. The van der Waals surface area contributed by atoms with Crippen LogP contribution in [-0.4, -0.2) is 36.1 Å². The van der Waals surface area contributed by atoms with E-state index in [1.54, 1.807) is 11.0 Å². The van der Waals surface area contributed by atoms with Gasteiger partial charge in [0.15, 0.2) is 11.5 Å². The van der Waals surface area contributed by atoms with E-state index in [0.717, 1.165) is 0 Å². The fraction of sp³-hybridized carbons (Fsp3) is 0.333. The Balaban J connectivity index is 1.33. The molecule has 4 rings (SSSR count). The summed E-state index contributed by atoms with van der Waals surface area (Å²) in [7, 11) is 0. The number of likely N-dealkylation sites (tertiary alicyclic amines) is 1. The number of hydrogen-bond acceptors (Lipinski definition) is 5. The molecule has 3 heterocycles. The van der Waals surface area contributed by atoms with Gasteiger partial charge in [0.1, 0.15) is 0 Å². The molecule has 0 bridgehead atoms. The lowest BCUT2D eigenvalue weighted by molar-refractivity contribution is -0.286. The van der Waals surface area contributed by atoms with Gasteiger partial charge < -0.3 is 19.7 Å². The molecule has 0 atom stereocenters. The number of carbonyl (C=O) groups excluding carboxylic acids is 2. The molecule has 142 valence electrons. The molecule has 1 saturated heterocycles. The normalized spacial score (nSPS) is 18.4. The van der Waals surface area contributed by atoms with E-state index in [4.69, 9.17) is 0 Å². The zero-order chi connectivity index (χ0) is 19.0. The summed E-state index contributed by atoms with van der Waals surface area (Å²) >= 11 is 1.40. The topological polar surface area (TPSA) is 67.9 Å². The van der Waals surface area contributed by atoms with E-state index in [1.165, 1.54) is 29.5 Å². The number of alkyl halides is 2. The van der Waals surface area contributed by atoms with E-state index in [1.807, 2.05) is 11.4 Å². The van der Waals surface area contributed by atoms with Crippen molar-refractivity contribution >= 4 is 28.8 Å². The van der Waals surface area contributed by atoms with Crippen LogP contribution in [0.1, 0.15) is 22.5 Å². The maximum absolute atomic E-state index is 13.1. The molecular weight excluding hydrogens is 378 g/mol. The molecule has 2 aromatic rings. The van der Waals surface area contributed by atoms with E-state index < -0.39 is 6.29 Å². The molecule has 6 nitrogen and oxygen atoms in total. The van der Waals surface area contributed by atoms with Crippen molar-refractivity contribution in [1.29, 1.82) is 0 Å². The van der Waals surface area contributed by atoms with Crippen LogP contribution in [0.5, 0.6) is 11.5 Å². The maximum Gasteiger partial charge on any atom is 0.586 e. The second-order valence-corrected chi connectivity index (χ2v) is 7.31. The predicted molar refractivity (Wildman–Crippen MR) is 94.2 cm³/mol. The van der Waals surface area contributed by atoms with Crippen LogP contribution in [0.2, 0.25) is 0 Å². The Morgan fingerprint density at radius 1 is 1.15 bits per heavy atom. The maximum atomic E-state index is 13.1. The molecule has 1 N–H and O–H groups in total. The summed E-state index contributed by atoms with van der Waals surface area (Å²) in [5, 5.41) is 4.58. The van der Waals surface area contributed by atoms with E-state index in [-0.39, 0.29) is 29.2 Å². The first-order chi connectivity index (χ1) is 12.9.